The van der Waals surface area contributed by atoms with Crippen molar-refractivity contribution >= 4 is 45.7 Å². The molecule has 0 radical (unpaired) electrons. The summed E-state index contributed by atoms with van der Waals surface area (Å²) in [5, 5.41) is 0.697. The van der Waals surface area contributed by atoms with Gasteiger partial charge in [0.05, 0.1) is 53.9 Å². The Hall–Kier alpha value is -4.38. The fourth-order valence-corrected chi connectivity index (χ4v) is 5.84. The number of amides is 1. The number of aromatic nitrogens is 3. The van der Waals surface area contributed by atoms with Gasteiger partial charge in [0, 0.05) is 42.1 Å². The lowest BCUT2D eigenvalue weighted by molar-refractivity contribution is 0.0597. The van der Waals surface area contributed by atoms with Gasteiger partial charge in [0.25, 0.3) is 0 Å². The zero-order chi connectivity index (χ0) is 31.4. The van der Waals surface area contributed by atoms with Gasteiger partial charge in [-0.15, -0.1) is 0 Å². The summed E-state index contributed by atoms with van der Waals surface area (Å²) < 4.78 is 41.3. The van der Waals surface area contributed by atoms with Crippen molar-refractivity contribution in [2.75, 3.05) is 47.5 Å². The van der Waals surface area contributed by atoms with Gasteiger partial charge in [-0.05, 0) is 58.0 Å². The van der Waals surface area contributed by atoms with Crippen molar-refractivity contribution in [2.45, 2.75) is 52.6 Å². The van der Waals surface area contributed by atoms with Crippen molar-refractivity contribution in [3.8, 4) is 0 Å². The van der Waals surface area contributed by atoms with Crippen LogP contribution in [0.3, 0.4) is 0 Å². The van der Waals surface area contributed by atoms with Crippen LogP contribution >= 0.6 is 0 Å². The Bertz CT molecular complexity index is 1750. The minimum atomic E-state index is -0.839. The maximum Gasteiger partial charge on any atom is 0.421 e. The van der Waals surface area contributed by atoms with Crippen molar-refractivity contribution < 1.29 is 23.0 Å². The first-order chi connectivity index (χ1) is 20.8. The predicted octanol–water partition coefficient (Wildman–Crippen LogP) is 6.95. The topological polar surface area (TPSA) is 83.9 Å². The lowest BCUT2D eigenvalue weighted by atomic mass is 9.91. The molecule has 1 saturated heterocycles. The monoisotopic (exact) mass is 602 g/mol. The van der Waals surface area contributed by atoms with E-state index in [1.807, 2.05) is 17.2 Å². The van der Waals surface area contributed by atoms with Gasteiger partial charge in [0.15, 0.2) is 5.82 Å². The first-order valence-corrected chi connectivity index (χ1v) is 14.7. The molecule has 0 bridgehead atoms. The van der Waals surface area contributed by atoms with Crippen LogP contribution in [-0.2, 0) is 14.9 Å². The Morgan fingerprint density at radius 1 is 1.05 bits per heavy atom. The molecule has 0 atom stereocenters. The van der Waals surface area contributed by atoms with E-state index in [4.69, 9.17) is 14.5 Å². The SMILES string of the molecule is Cc1c(N(C(=O)OC(C)(C)C)c2ccc3ccc(F)cc3n2)ncc(F)c1N1CC(C)(C)c2ncc(N3CCOCC3)cc21. The van der Waals surface area contributed by atoms with Gasteiger partial charge in [-0.25, -0.2) is 28.4 Å². The van der Waals surface area contributed by atoms with Crippen molar-refractivity contribution in [3.05, 3.63) is 71.7 Å². The molecule has 3 aromatic heterocycles. The summed E-state index contributed by atoms with van der Waals surface area (Å²) in [5.41, 5.74) is 2.42. The Kier molecular flexibility index (Phi) is 7.39. The number of nitrogens with zero attached hydrogens (tertiary/aromatic N) is 6. The second-order valence-electron chi connectivity index (χ2n) is 12.9. The van der Waals surface area contributed by atoms with E-state index in [0.29, 0.717) is 36.2 Å². The molecule has 4 aromatic rings. The third kappa shape index (κ3) is 5.52. The van der Waals surface area contributed by atoms with Crippen molar-refractivity contribution in [3.63, 3.8) is 0 Å². The maximum absolute atomic E-state index is 15.9. The number of ether oxygens (including phenoxy) is 2. The van der Waals surface area contributed by atoms with Crippen LogP contribution in [0.5, 0.6) is 0 Å². The van der Waals surface area contributed by atoms with E-state index in [2.05, 4.69) is 28.7 Å². The standard InChI is InChI=1S/C33H36F2N6O3/c1-20-28(40-19-33(5,6)29-26(40)16-23(17-36-29)39-11-13-43-14-12-39)24(35)18-37-30(20)41(31(42)44-32(2,3)4)27-10-8-21-7-9-22(34)15-25(21)38-27/h7-10,15-18H,11-14,19H2,1-6H3. The molecular formula is C33H36F2N6O3. The van der Waals surface area contributed by atoms with Gasteiger partial charge in [0.2, 0.25) is 0 Å². The Balaban J connectivity index is 1.49. The minimum Gasteiger partial charge on any atom is -0.443 e. The molecule has 1 aromatic carbocycles. The molecule has 11 heteroatoms. The minimum absolute atomic E-state index is 0.155. The van der Waals surface area contributed by atoms with Crippen molar-refractivity contribution in [1.29, 1.82) is 0 Å². The highest BCUT2D eigenvalue weighted by Gasteiger charge is 2.40. The Labute approximate surface area is 255 Å². The molecule has 0 spiro atoms. The van der Waals surface area contributed by atoms with E-state index in [9.17, 15) is 9.18 Å². The van der Waals surface area contributed by atoms with E-state index < -0.39 is 23.3 Å². The van der Waals surface area contributed by atoms with Crippen LogP contribution < -0.4 is 14.7 Å². The first kappa shape index (κ1) is 29.7. The Morgan fingerprint density at radius 3 is 2.50 bits per heavy atom. The molecule has 2 aliphatic heterocycles. The number of halogens is 2. The largest absolute Gasteiger partial charge is 0.443 e. The van der Waals surface area contributed by atoms with Crippen LogP contribution in [0.15, 0.2) is 48.8 Å². The third-order valence-electron chi connectivity index (χ3n) is 7.86. The molecule has 9 nitrogen and oxygen atoms in total. The number of hydrogen-bond donors (Lipinski definition) is 0. The molecule has 230 valence electrons. The van der Waals surface area contributed by atoms with Crippen LogP contribution in [0.1, 0.15) is 45.9 Å². The van der Waals surface area contributed by atoms with Crippen LogP contribution in [0.2, 0.25) is 0 Å². The lowest BCUT2D eigenvalue weighted by Crippen LogP contribution is -2.36. The fourth-order valence-electron chi connectivity index (χ4n) is 5.84. The average Bonchev–Trinajstić information content (AvgIpc) is 3.23. The number of morpholine rings is 1. The van der Waals surface area contributed by atoms with Crippen molar-refractivity contribution in [2.24, 2.45) is 0 Å². The summed E-state index contributed by atoms with van der Waals surface area (Å²) in [6.07, 6.45) is 2.24. The molecule has 1 amide bonds. The summed E-state index contributed by atoms with van der Waals surface area (Å²) in [7, 11) is 0. The highest BCUT2D eigenvalue weighted by Crippen LogP contribution is 2.47. The number of hydrogen-bond acceptors (Lipinski definition) is 8. The highest BCUT2D eigenvalue weighted by atomic mass is 19.1. The molecule has 44 heavy (non-hydrogen) atoms. The number of pyridine rings is 3. The van der Waals surface area contributed by atoms with E-state index in [1.54, 1.807) is 45.9 Å². The molecule has 1 fully saturated rings. The van der Waals surface area contributed by atoms with E-state index in [1.165, 1.54) is 17.0 Å². The number of carbonyl (C=O) groups is 1. The summed E-state index contributed by atoms with van der Waals surface area (Å²) in [5.74, 6) is -0.666. The molecule has 2 aliphatic rings. The average molecular weight is 603 g/mol. The second-order valence-corrected chi connectivity index (χ2v) is 12.9. The van der Waals surface area contributed by atoms with Crippen LogP contribution in [0.4, 0.5) is 42.3 Å². The molecule has 0 saturated carbocycles. The lowest BCUT2D eigenvalue weighted by Gasteiger charge is -2.31. The smallest absolute Gasteiger partial charge is 0.421 e. The summed E-state index contributed by atoms with van der Waals surface area (Å²) in [4.78, 5) is 32.9. The van der Waals surface area contributed by atoms with Gasteiger partial charge in [-0.2, -0.15) is 0 Å². The van der Waals surface area contributed by atoms with E-state index in [0.717, 1.165) is 36.4 Å². The number of carbonyl (C=O) groups excluding carboxylic acids is 1. The highest BCUT2D eigenvalue weighted by molar-refractivity contribution is 5.97. The second kappa shape index (κ2) is 11.0. The number of rotatable bonds is 4. The van der Waals surface area contributed by atoms with Gasteiger partial charge < -0.3 is 19.3 Å². The van der Waals surface area contributed by atoms with E-state index in [-0.39, 0.29) is 22.7 Å². The summed E-state index contributed by atoms with van der Waals surface area (Å²) >= 11 is 0. The molecule has 5 heterocycles. The third-order valence-corrected chi connectivity index (χ3v) is 7.86. The fraction of sp³-hybridized carbons (Fsp3) is 0.394. The van der Waals surface area contributed by atoms with Gasteiger partial charge in [-0.3, -0.25) is 4.98 Å². The summed E-state index contributed by atoms with van der Waals surface area (Å²) in [6, 6.07) is 9.69. The quantitative estimate of drug-likeness (QED) is 0.248. The molecule has 0 N–H and O–H groups in total. The van der Waals surface area contributed by atoms with Crippen LogP contribution in [0, 0.1) is 18.6 Å². The zero-order valence-corrected chi connectivity index (χ0v) is 25.8. The molecule has 6 rings (SSSR count). The normalized spacial score (nSPS) is 16.3. The van der Waals surface area contributed by atoms with Crippen molar-refractivity contribution in [1.82, 2.24) is 15.0 Å². The predicted molar refractivity (Wildman–Crippen MR) is 166 cm³/mol. The van der Waals surface area contributed by atoms with Gasteiger partial charge in [0.1, 0.15) is 23.1 Å². The molecule has 0 unspecified atom stereocenters. The number of benzene rings is 1. The maximum atomic E-state index is 15.9. The zero-order valence-electron chi connectivity index (χ0n) is 25.8. The van der Waals surface area contributed by atoms with Gasteiger partial charge in [-0.1, -0.05) is 13.8 Å². The Morgan fingerprint density at radius 2 is 1.77 bits per heavy atom. The first-order valence-electron chi connectivity index (χ1n) is 14.7. The number of anilines is 5. The van der Waals surface area contributed by atoms with E-state index >= 15 is 4.39 Å². The van der Waals surface area contributed by atoms with Crippen LogP contribution in [-0.4, -0.2) is 59.5 Å². The summed E-state index contributed by atoms with van der Waals surface area (Å²) in [6.45, 7) is 14.3. The van der Waals surface area contributed by atoms with Gasteiger partial charge >= 0.3 is 6.09 Å². The molecule has 0 aliphatic carbocycles. The van der Waals surface area contributed by atoms with Crippen LogP contribution in [0.25, 0.3) is 10.9 Å². The molecular weight excluding hydrogens is 566 g/mol. The number of fused-ring (bicyclic) bond motifs is 2.